The average Bonchev–Trinajstić information content (AvgIpc) is 2.74. The van der Waals surface area contributed by atoms with Crippen LogP contribution in [0.25, 0.3) is 0 Å². The first-order valence-corrected chi connectivity index (χ1v) is 6.68. The summed E-state index contributed by atoms with van der Waals surface area (Å²) in [4.78, 5) is 13.9. The van der Waals surface area contributed by atoms with Gasteiger partial charge in [0, 0.05) is 18.7 Å². The first kappa shape index (κ1) is 17.8. The highest BCUT2D eigenvalue weighted by Crippen LogP contribution is 2.22. The fraction of sp³-hybridized carbons (Fsp3) is 0.500. The second-order valence-electron chi connectivity index (χ2n) is 5.29. The summed E-state index contributed by atoms with van der Waals surface area (Å²) < 4.78 is 26.4. The maximum atomic E-state index is 13.4. The third kappa shape index (κ3) is 4.62. The number of amides is 1. The van der Waals surface area contributed by atoms with E-state index in [0.717, 1.165) is 31.2 Å². The largest absolute Gasteiger partial charge is 0.330 e. The molecule has 1 aliphatic rings. The van der Waals surface area contributed by atoms with E-state index in [1.54, 1.807) is 0 Å². The Labute approximate surface area is 129 Å². The maximum absolute atomic E-state index is 13.4. The van der Waals surface area contributed by atoms with Crippen molar-refractivity contribution in [1.29, 1.82) is 0 Å². The van der Waals surface area contributed by atoms with Gasteiger partial charge < -0.3 is 11.1 Å². The van der Waals surface area contributed by atoms with Gasteiger partial charge in [-0.3, -0.25) is 9.69 Å². The van der Waals surface area contributed by atoms with E-state index in [2.05, 4.69) is 5.32 Å². The molecule has 1 saturated heterocycles. The van der Waals surface area contributed by atoms with E-state index in [-0.39, 0.29) is 36.6 Å². The molecule has 3 N–H and O–H groups in total. The molecule has 1 heterocycles. The number of carbonyl (C=O) groups excluding carboxylic acids is 1. The van der Waals surface area contributed by atoms with Crippen LogP contribution in [0.15, 0.2) is 18.2 Å². The molecule has 2 rings (SSSR count). The highest BCUT2D eigenvalue weighted by molar-refractivity contribution is 5.92. The molecule has 1 fully saturated rings. The van der Waals surface area contributed by atoms with Crippen LogP contribution in [0.5, 0.6) is 0 Å². The Kier molecular flexibility index (Phi) is 6.51. The van der Waals surface area contributed by atoms with Gasteiger partial charge in [-0.1, -0.05) is 0 Å². The Balaban J connectivity index is 0.00000220. The quantitative estimate of drug-likeness (QED) is 0.892. The number of nitrogens with one attached hydrogen (secondary N) is 1. The van der Waals surface area contributed by atoms with Crippen molar-refractivity contribution in [3.63, 3.8) is 0 Å². The van der Waals surface area contributed by atoms with E-state index in [1.807, 2.05) is 11.8 Å². The molecule has 0 radical (unpaired) electrons. The number of nitrogens with zero attached hydrogens (tertiary/aromatic N) is 1. The molecule has 7 heteroatoms. The van der Waals surface area contributed by atoms with Crippen molar-refractivity contribution in [2.75, 3.05) is 25.0 Å². The Morgan fingerprint density at radius 1 is 1.48 bits per heavy atom. The standard InChI is InChI=1S/C14H19F2N3O.ClH/c1-9-4-10(6-17)7-19(9)8-14(20)18-13-5-11(15)2-3-12(13)16;/h2-3,5,9-10H,4,6-8,17H2,1H3,(H,18,20);1H. The number of halogens is 3. The van der Waals surface area contributed by atoms with E-state index in [0.29, 0.717) is 12.5 Å². The van der Waals surface area contributed by atoms with Crippen LogP contribution in [0.3, 0.4) is 0 Å². The Bertz CT molecular complexity index is 501. The van der Waals surface area contributed by atoms with Gasteiger partial charge in [-0.15, -0.1) is 12.4 Å². The van der Waals surface area contributed by atoms with E-state index >= 15 is 0 Å². The highest BCUT2D eigenvalue weighted by atomic mass is 35.5. The number of nitrogens with two attached hydrogens (primary N) is 1. The molecule has 4 nitrogen and oxygen atoms in total. The third-order valence-electron chi connectivity index (χ3n) is 3.67. The van der Waals surface area contributed by atoms with Gasteiger partial charge in [0.05, 0.1) is 12.2 Å². The summed E-state index contributed by atoms with van der Waals surface area (Å²) >= 11 is 0. The molecule has 21 heavy (non-hydrogen) atoms. The average molecular weight is 320 g/mol. The maximum Gasteiger partial charge on any atom is 0.238 e. The van der Waals surface area contributed by atoms with Crippen molar-refractivity contribution in [3.05, 3.63) is 29.8 Å². The summed E-state index contributed by atoms with van der Waals surface area (Å²) in [5.41, 5.74) is 5.50. The van der Waals surface area contributed by atoms with E-state index < -0.39 is 11.6 Å². The van der Waals surface area contributed by atoms with Crippen LogP contribution in [0, 0.1) is 17.6 Å². The number of hydrogen-bond acceptors (Lipinski definition) is 3. The number of anilines is 1. The van der Waals surface area contributed by atoms with Crippen LogP contribution in [-0.2, 0) is 4.79 Å². The number of likely N-dealkylation sites (tertiary alicyclic amines) is 1. The minimum atomic E-state index is -0.644. The summed E-state index contributed by atoms with van der Waals surface area (Å²) in [6.45, 7) is 3.55. The molecule has 0 saturated carbocycles. The van der Waals surface area contributed by atoms with Crippen molar-refractivity contribution in [2.45, 2.75) is 19.4 Å². The smallest absolute Gasteiger partial charge is 0.238 e. The minimum Gasteiger partial charge on any atom is -0.330 e. The molecule has 1 amide bonds. The molecule has 1 aliphatic heterocycles. The van der Waals surface area contributed by atoms with Crippen molar-refractivity contribution in [3.8, 4) is 0 Å². The molecule has 0 aliphatic carbocycles. The fourth-order valence-corrected chi connectivity index (χ4v) is 2.58. The lowest BCUT2D eigenvalue weighted by molar-refractivity contribution is -0.117. The van der Waals surface area contributed by atoms with Crippen molar-refractivity contribution in [1.82, 2.24) is 4.90 Å². The first-order valence-electron chi connectivity index (χ1n) is 6.68. The highest BCUT2D eigenvalue weighted by Gasteiger charge is 2.29. The zero-order valence-electron chi connectivity index (χ0n) is 11.8. The van der Waals surface area contributed by atoms with Crippen molar-refractivity contribution in [2.24, 2.45) is 11.7 Å². The van der Waals surface area contributed by atoms with Gasteiger partial charge in [-0.2, -0.15) is 0 Å². The number of rotatable bonds is 4. The summed E-state index contributed by atoms with van der Waals surface area (Å²) in [6.07, 6.45) is 0.956. The van der Waals surface area contributed by atoms with Gasteiger partial charge in [-0.25, -0.2) is 8.78 Å². The summed E-state index contributed by atoms with van der Waals surface area (Å²) in [5.74, 6) is -1.18. The SMILES string of the molecule is CC1CC(CN)CN1CC(=O)Nc1cc(F)ccc1F.Cl. The second kappa shape index (κ2) is 7.68. The molecule has 118 valence electrons. The normalized spacial score (nSPS) is 21.9. The Morgan fingerprint density at radius 2 is 2.19 bits per heavy atom. The lowest BCUT2D eigenvalue weighted by Gasteiger charge is -2.20. The monoisotopic (exact) mass is 319 g/mol. The summed E-state index contributed by atoms with van der Waals surface area (Å²) in [6, 6.07) is 3.25. The Morgan fingerprint density at radius 3 is 2.81 bits per heavy atom. The molecule has 1 aromatic rings. The van der Waals surface area contributed by atoms with Gasteiger partial charge >= 0.3 is 0 Å². The molecular weight excluding hydrogens is 300 g/mol. The van der Waals surface area contributed by atoms with Gasteiger partial charge in [0.25, 0.3) is 0 Å². The molecule has 1 aromatic carbocycles. The van der Waals surface area contributed by atoms with Crippen LogP contribution in [-0.4, -0.2) is 36.5 Å². The van der Waals surface area contributed by atoms with E-state index in [4.69, 9.17) is 5.73 Å². The van der Waals surface area contributed by atoms with E-state index in [9.17, 15) is 13.6 Å². The van der Waals surface area contributed by atoms with Crippen LogP contribution in [0.1, 0.15) is 13.3 Å². The van der Waals surface area contributed by atoms with Crippen LogP contribution in [0.4, 0.5) is 14.5 Å². The molecule has 0 bridgehead atoms. The van der Waals surface area contributed by atoms with E-state index in [1.165, 1.54) is 0 Å². The fourth-order valence-electron chi connectivity index (χ4n) is 2.58. The zero-order valence-corrected chi connectivity index (χ0v) is 12.6. The van der Waals surface area contributed by atoms with Crippen molar-refractivity contribution < 1.29 is 13.6 Å². The predicted molar refractivity (Wildman–Crippen MR) is 80.4 cm³/mol. The summed E-state index contributed by atoms with van der Waals surface area (Å²) in [7, 11) is 0. The van der Waals surface area contributed by atoms with Crippen LogP contribution < -0.4 is 11.1 Å². The molecule has 0 spiro atoms. The lowest BCUT2D eigenvalue weighted by atomic mass is 10.1. The molecule has 2 atom stereocenters. The van der Waals surface area contributed by atoms with Gasteiger partial charge in [0.15, 0.2) is 0 Å². The first-order chi connectivity index (χ1) is 9.49. The second-order valence-corrected chi connectivity index (χ2v) is 5.29. The third-order valence-corrected chi connectivity index (χ3v) is 3.67. The van der Waals surface area contributed by atoms with Gasteiger partial charge in [-0.05, 0) is 37.9 Å². The summed E-state index contributed by atoms with van der Waals surface area (Å²) in [5, 5.41) is 2.40. The molecule has 2 unspecified atom stereocenters. The Hall–Kier alpha value is -1.24. The topological polar surface area (TPSA) is 58.4 Å². The lowest BCUT2D eigenvalue weighted by Crippen LogP contribution is -2.36. The molecular formula is C14H20ClF2N3O. The van der Waals surface area contributed by atoms with Crippen LogP contribution in [0.2, 0.25) is 0 Å². The number of carbonyl (C=O) groups is 1. The number of hydrogen-bond donors (Lipinski definition) is 2. The molecule has 0 aromatic heterocycles. The van der Waals surface area contributed by atoms with Crippen LogP contribution >= 0.6 is 12.4 Å². The van der Waals surface area contributed by atoms with Gasteiger partial charge in [0.1, 0.15) is 11.6 Å². The zero-order chi connectivity index (χ0) is 14.7. The number of benzene rings is 1. The van der Waals surface area contributed by atoms with Crippen molar-refractivity contribution >= 4 is 24.0 Å². The predicted octanol–water partition coefficient (Wildman–Crippen LogP) is 1.99. The van der Waals surface area contributed by atoms with Gasteiger partial charge in [0.2, 0.25) is 5.91 Å². The minimum absolute atomic E-state index is 0.